The van der Waals surface area contributed by atoms with Crippen molar-refractivity contribution in [2.24, 2.45) is 0 Å². The second kappa shape index (κ2) is 6.98. The van der Waals surface area contributed by atoms with Gasteiger partial charge in [0.25, 0.3) is 11.5 Å². The Labute approximate surface area is 138 Å². The topological polar surface area (TPSA) is 99.7 Å². The molecule has 8 nitrogen and oxygen atoms in total. The number of amides is 1. The van der Waals surface area contributed by atoms with Crippen molar-refractivity contribution in [3.8, 4) is 0 Å². The number of hydrogen-bond acceptors (Lipinski definition) is 6. The quantitative estimate of drug-likeness (QED) is 0.797. The zero-order valence-corrected chi connectivity index (χ0v) is 13.5. The van der Waals surface area contributed by atoms with Crippen molar-refractivity contribution in [3.63, 3.8) is 0 Å². The molecule has 0 bridgehead atoms. The largest absolute Gasteiger partial charge is 0.399 e. The molecule has 2 heterocycles. The minimum atomic E-state index is -0.291. The van der Waals surface area contributed by atoms with E-state index >= 15 is 0 Å². The van der Waals surface area contributed by atoms with Crippen LogP contribution in [0.3, 0.4) is 0 Å². The molecule has 1 aromatic heterocycles. The maximum absolute atomic E-state index is 12.8. The summed E-state index contributed by atoms with van der Waals surface area (Å²) in [7, 11) is 1.54. The fourth-order valence-electron chi connectivity index (χ4n) is 2.70. The molecule has 2 aromatic rings. The van der Waals surface area contributed by atoms with Gasteiger partial charge in [-0.05, 0) is 18.2 Å². The average Bonchev–Trinajstić information content (AvgIpc) is 2.61. The lowest BCUT2D eigenvalue weighted by Gasteiger charge is -2.27. The van der Waals surface area contributed by atoms with E-state index in [0.29, 0.717) is 49.5 Å². The third kappa shape index (κ3) is 3.10. The first-order valence-electron chi connectivity index (χ1n) is 7.78. The highest BCUT2D eigenvalue weighted by Gasteiger charge is 2.24. The zero-order chi connectivity index (χ0) is 17.1. The number of benzene rings is 1. The van der Waals surface area contributed by atoms with E-state index < -0.39 is 0 Å². The third-order valence-corrected chi connectivity index (χ3v) is 3.99. The number of methoxy groups -OCH3 is 1. The van der Waals surface area contributed by atoms with E-state index in [-0.39, 0.29) is 23.8 Å². The van der Waals surface area contributed by atoms with Crippen molar-refractivity contribution < 1.29 is 14.3 Å². The molecule has 1 aromatic carbocycles. The highest BCUT2D eigenvalue weighted by atomic mass is 16.5. The van der Waals surface area contributed by atoms with Crippen LogP contribution in [-0.4, -0.2) is 60.4 Å². The summed E-state index contributed by atoms with van der Waals surface area (Å²) in [4.78, 5) is 31.7. The maximum Gasteiger partial charge on any atom is 0.290 e. The summed E-state index contributed by atoms with van der Waals surface area (Å²) in [6, 6.07) is 4.90. The van der Waals surface area contributed by atoms with Gasteiger partial charge in [-0.15, -0.1) is 0 Å². The molecule has 1 fully saturated rings. The van der Waals surface area contributed by atoms with Crippen LogP contribution >= 0.6 is 0 Å². The number of morpholine rings is 1. The van der Waals surface area contributed by atoms with Crippen molar-refractivity contribution >= 4 is 22.5 Å². The molecule has 0 radical (unpaired) electrons. The van der Waals surface area contributed by atoms with Crippen LogP contribution in [0.5, 0.6) is 0 Å². The first kappa shape index (κ1) is 16.4. The fraction of sp³-hybridized carbons (Fsp3) is 0.438. The van der Waals surface area contributed by atoms with Crippen molar-refractivity contribution in [2.75, 3.05) is 45.8 Å². The molecule has 1 amide bonds. The third-order valence-electron chi connectivity index (χ3n) is 3.99. The number of carbonyl (C=O) groups is 1. The van der Waals surface area contributed by atoms with Gasteiger partial charge in [0.2, 0.25) is 5.82 Å². The van der Waals surface area contributed by atoms with Crippen molar-refractivity contribution in [1.82, 2.24) is 14.5 Å². The van der Waals surface area contributed by atoms with Gasteiger partial charge >= 0.3 is 0 Å². The second-order valence-corrected chi connectivity index (χ2v) is 5.57. The van der Waals surface area contributed by atoms with Gasteiger partial charge < -0.3 is 20.1 Å². The molecule has 0 aliphatic carbocycles. The lowest BCUT2D eigenvalue weighted by molar-refractivity contribution is 0.0289. The van der Waals surface area contributed by atoms with Gasteiger partial charge in [0.1, 0.15) is 0 Å². The standard InChI is InChI=1S/C16H20N4O4/c1-23-7-6-20-14(16(22)19-4-8-24-9-5-19)18-13-3-2-11(17)10-12(13)15(20)21/h2-3,10H,4-9,17H2,1H3. The Kier molecular flexibility index (Phi) is 4.77. The molecule has 1 aliphatic heterocycles. The molecule has 0 spiro atoms. The number of carbonyl (C=O) groups excluding carboxylic acids is 1. The van der Waals surface area contributed by atoms with E-state index in [9.17, 15) is 9.59 Å². The highest BCUT2D eigenvalue weighted by molar-refractivity contribution is 5.93. The van der Waals surface area contributed by atoms with Gasteiger partial charge in [0.05, 0.1) is 37.3 Å². The number of fused-ring (bicyclic) bond motifs is 1. The molecule has 128 valence electrons. The summed E-state index contributed by atoms with van der Waals surface area (Å²) in [6.45, 7) is 2.49. The lowest BCUT2D eigenvalue weighted by Crippen LogP contribution is -2.43. The second-order valence-electron chi connectivity index (χ2n) is 5.57. The molecule has 8 heteroatoms. The fourth-order valence-corrected chi connectivity index (χ4v) is 2.70. The number of nitrogens with zero attached hydrogens (tertiary/aromatic N) is 3. The molecule has 1 aliphatic rings. The molecule has 3 rings (SSSR count). The SMILES string of the molecule is COCCn1c(C(=O)N2CCOCC2)nc2ccc(N)cc2c1=O. The molecule has 1 saturated heterocycles. The summed E-state index contributed by atoms with van der Waals surface area (Å²) in [5.74, 6) is -0.151. The predicted molar refractivity (Wildman–Crippen MR) is 89.0 cm³/mol. The van der Waals surface area contributed by atoms with Crippen LogP contribution in [0.4, 0.5) is 5.69 Å². The summed E-state index contributed by atoms with van der Waals surface area (Å²) in [5, 5.41) is 0.393. The molecule has 0 unspecified atom stereocenters. The van der Waals surface area contributed by atoms with Crippen LogP contribution in [0.1, 0.15) is 10.6 Å². The zero-order valence-electron chi connectivity index (χ0n) is 13.5. The predicted octanol–water partition coefficient (Wildman–Crippen LogP) is 0.0975. The van der Waals surface area contributed by atoms with Gasteiger partial charge in [-0.1, -0.05) is 0 Å². The van der Waals surface area contributed by atoms with Gasteiger partial charge in [0.15, 0.2) is 0 Å². The van der Waals surface area contributed by atoms with Crippen LogP contribution in [0, 0.1) is 0 Å². The average molecular weight is 332 g/mol. The van der Waals surface area contributed by atoms with Crippen molar-refractivity contribution in [1.29, 1.82) is 0 Å². The summed E-state index contributed by atoms with van der Waals surface area (Å²) in [6.07, 6.45) is 0. The molecule has 0 saturated carbocycles. The Morgan fingerprint density at radius 2 is 2.12 bits per heavy atom. The van der Waals surface area contributed by atoms with Gasteiger partial charge in [0, 0.05) is 25.9 Å². The number of ether oxygens (including phenoxy) is 2. The van der Waals surface area contributed by atoms with Crippen LogP contribution in [-0.2, 0) is 16.0 Å². The van der Waals surface area contributed by atoms with E-state index in [0.717, 1.165) is 0 Å². The van der Waals surface area contributed by atoms with Crippen molar-refractivity contribution in [3.05, 3.63) is 34.4 Å². The van der Waals surface area contributed by atoms with Gasteiger partial charge in [-0.3, -0.25) is 14.2 Å². The number of aromatic nitrogens is 2. The number of nitrogens with two attached hydrogens (primary N) is 1. The molecule has 24 heavy (non-hydrogen) atoms. The van der Waals surface area contributed by atoms with E-state index in [1.807, 2.05) is 0 Å². The van der Waals surface area contributed by atoms with Crippen LogP contribution in [0.2, 0.25) is 0 Å². The van der Waals surface area contributed by atoms with Gasteiger partial charge in [-0.2, -0.15) is 0 Å². The number of nitrogen functional groups attached to an aromatic ring is 1. The van der Waals surface area contributed by atoms with E-state index in [2.05, 4.69) is 4.98 Å². The Morgan fingerprint density at radius 3 is 2.83 bits per heavy atom. The molecule has 0 atom stereocenters. The monoisotopic (exact) mass is 332 g/mol. The number of rotatable bonds is 4. The van der Waals surface area contributed by atoms with Crippen LogP contribution in [0.15, 0.2) is 23.0 Å². The lowest BCUT2D eigenvalue weighted by atomic mass is 10.2. The first-order chi connectivity index (χ1) is 11.6. The number of hydrogen-bond donors (Lipinski definition) is 1. The van der Waals surface area contributed by atoms with Gasteiger partial charge in [-0.25, -0.2) is 4.98 Å². The first-order valence-corrected chi connectivity index (χ1v) is 7.78. The maximum atomic E-state index is 12.8. The molecule has 2 N–H and O–H groups in total. The van der Waals surface area contributed by atoms with Crippen molar-refractivity contribution in [2.45, 2.75) is 6.54 Å². The normalized spacial score (nSPS) is 15.0. The Hall–Kier alpha value is -2.45. The molecular weight excluding hydrogens is 312 g/mol. The summed E-state index contributed by atoms with van der Waals surface area (Å²) in [5.41, 5.74) is 6.41. The Bertz CT molecular complexity index is 812. The summed E-state index contributed by atoms with van der Waals surface area (Å²) < 4.78 is 11.7. The minimum Gasteiger partial charge on any atom is -0.399 e. The number of anilines is 1. The summed E-state index contributed by atoms with van der Waals surface area (Å²) >= 11 is 0. The van der Waals surface area contributed by atoms with Crippen LogP contribution in [0.25, 0.3) is 10.9 Å². The Balaban J connectivity index is 2.11. The Morgan fingerprint density at radius 1 is 1.38 bits per heavy atom. The van der Waals surface area contributed by atoms with E-state index in [1.165, 1.54) is 4.57 Å². The van der Waals surface area contributed by atoms with E-state index in [1.54, 1.807) is 30.2 Å². The minimum absolute atomic E-state index is 0.122. The molecular formula is C16H20N4O4. The highest BCUT2D eigenvalue weighted by Crippen LogP contribution is 2.14. The van der Waals surface area contributed by atoms with E-state index in [4.69, 9.17) is 15.2 Å². The smallest absolute Gasteiger partial charge is 0.290 e. The van der Waals surface area contributed by atoms with Crippen LogP contribution < -0.4 is 11.3 Å².